The average Bonchev–Trinajstić information content (AvgIpc) is 3.57. The van der Waals surface area contributed by atoms with Gasteiger partial charge in [-0.1, -0.05) is 30.3 Å². The van der Waals surface area contributed by atoms with Gasteiger partial charge in [-0.3, -0.25) is 9.69 Å². The van der Waals surface area contributed by atoms with Crippen molar-refractivity contribution in [2.24, 2.45) is 5.92 Å². The molecule has 0 radical (unpaired) electrons. The normalized spacial score (nSPS) is 23.5. The number of hydrogen-bond acceptors (Lipinski definition) is 3. The van der Waals surface area contributed by atoms with Crippen LogP contribution in [0.5, 0.6) is 0 Å². The molecule has 2 saturated heterocycles. The Morgan fingerprint density at radius 3 is 2.39 bits per heavy atom. The maximum absolute atomic E-state index is 13.0. The highest BCUT2D eigenvalue weighted by Gasteiger charge is 2.34. The molecule has 1 unspecified atom stereocenters. The monoisotopic (exact) mass is 384 g/mol. The van der Waals surface area contributed by atoms with Crippen LogP contribution in [0.4, 0.5) is 4.79 Å². The van der Waals surface area contributed by atoms with Gasteiger partial charge in [0.2, 0.25) is 5.91 Å². The molecule has 1 atom stereocenters. The molecule has 3 fully saturated rings. The minimum Gasteiger partial charge on any atom is -0.340 e. The summed E-state index contributed by atoms with van der Waals surface area (Å²) in [7, 11) is 0. The van der Waals surface area contributed by atoms with E-state index in [-0.39, 0.29) is 17.9 Å². The van der Waals surface area contributed by atoms with E-state index in [9.17, 15) is 9.59 Å². The molecule has 0 spiro atoms. The highest BCUT2D eigenvalue weighted by Crippen LogP contribution is 2.22. The average molecular weight is 385 g/mol. The maximum Gasteiger partial charge on any atom is 0.317 e. The number of likely N-dealkylation sites (tertiary alicyclic amines) is 1. The predicted octanol–water partition coefficient (Wildman–Crippen LogP) is 1.96. The Morgan fingerprint density at radius 2 is 1.68 bits per heavy atom. The van der Waals surface area contributed by atoms with Crippen LogP contribution in [0.15, 0.2) is 30.3 Å². The molecule has 6 nitrogen and oxygen atoms in total. The van der Waals surface area contributed by atoms with Gasteiger partial charge >= 0.3 is 6.03 Å². The summed E-state index contributed by atoms with van der Waals surface area (Å²) in [6.45, 7) is 5.89. The van der Waals surface area contributed by atoms with Gasteiger partial charge in [-0.05, 0) is 37.7 Å². The maximum atomic E-state index is 13.0. The molecule has 6 heteroatoms. The van der Waals surface area contributed by atoms with Crippen LogP contribution in [0.1, 0.15) is 31.2 Å². The lowest BCUT2D eigenvalue weighted by molar-refractivity contribution is -0.138. The number of nitrogens with one attached hydrogen (secondary N) is 1. The van der Waals surface area contributed by atoms with Gasteiger partial charge < -0.3 is 15.1 Å². The second-order valence-corrected chi connectivity index (χ2v) is 8.41. The molecule has 3 amide bonds. The zero-order valence-electron chi connectivity index (χ0n) is 16.7. The molecule has 1 aromatic carbocycles. The first-order valence-electron chi connectivity index (χ1n) is 10.8. The molecule has 1 N–H and O–H groups in total. The fourth-order valence-electron chi connectivity index (χ4n) is 4.24. The molecule has 0 aromatic heterocycles. The molecule has 152 valence electrons. The van der Waals surface area contributed by atoms with Crippen LogP contribution in [0.25, 0.3) is 0 Å². The van der Waals surface area contributed by atoms with Crippen LogP contribution < -0.4 is 5.32 Å². The highest BCUT2D eigenvalue weighted by molar-refractivity contribution is 5.81. The summed E-state index contributed by atoms with van der Waals surface area (Å²) < 4.78 is 0. The number of hydrogen-bond donors (Lipinski definition) is 1. The Morgan fingerprint density at radius 1 is 0.929 bits per heavy atom. The van der Waals surface area contributed by atoms with Gasteiger partial charge in [-0.15, -0.1) is 0 Å². The lowest BCUT2D eigenvalue weighted by atomic mass is 9.96. The van der Waals surface area contributed by atoms with Crippen molar-refractivity contribution in [3.63, 3.8) is 0 Å². The number of carbonyl (C=O) groups is 2. The van der Waals surface area contributed by atoms with Gasteiger partial charge in [0, 0.05) is 51.9 Å². The van der Waals surface area contributed by atoms with E-state index in [0.29, 0.717) is 12.6 Å². The highest BCUT2D eigenvalue weighted by atomic mass is 16.2. The van der Waals surface area contributed by atoms with E-state index >= 15 is 0 Å². The fourth-order valence-corrected chi connectivity index (χ4v) is 4.24. The van der Waals surface area contributed by atoms with Crippen LogP contribution in [0.3, 0.4) is 0 Å². The van der Waals surface area contributed by atoms with Crippen molar-refractivity contribution in [1.82, 2.24) is 20.0 Å². The zero-order chi connectivity index (χ0) is 19.3. The first-order valence-corrected chi connectivity index (χ1v) is 10.8. The molecule has 2 aliphatic heterocycles. The van der Waals surface area contributed by atoms with Crippen molar-refractivity contribution >= 4 is 11.9 Å². The lowest BCUT2D eigenvalue weighted by Crippen LogP contribution is -2.54. The van der Waals surface area contributed by atoms with Gasteiger partial charge in [0.05, 0.1) is 5.92 Å². The van der Waals surface area contributed by atoms with E-state index in [4.69, 9.17) is 0 Å². The molecule has 28 heavy (non-hydrogen) atoms. The van der Waals surface area contributed by atoms with Crippen molar-refractivity contribution in [2.75, 3.05) is 45.8 Å². The second kappa shape index (κ2) is 8.95. The Bertz CT molecular complexity index is 668. The standard InChI is InChI=1S/C22H32N4O2/c27-21(19-7-4-11-26(17-19)22(28)23-20-8-9-20)25-15-13-24(14-16-25)12-10-18-5-2-1-3-6-18/h1-3,5-6,19-20H,4,7-17H2,(H,23,28). The Labute approximate surface area is 167 Å². The molecule has 3 aliphatic rings. The number of carbonyl (C=O) groups excluding carboxylic acids is 2. The van der Waals surface area contributed by atoms with Gasteiger partial charge in [-0.25, -0.2) is 4.79 Å². The Kier molecular flexibility index (Phi) is 6.15. The summed E-state index contributed by atoms with van der Waals surface area (Å²) in [5.41, 5.74) is 1.37. The summed E-state index contributed by atoms with van der Waals surface area (Å²) in [5.74, 6) is 0.209. The van der Waals surface area contributed by atoms with Gasteiger partial charge in [-0.2, -0.15) is 0 Å². The quantitative estimate of drug-likeness (QED) is 0.844. The van der Waals surface area contributed by atoms with E-state index in [1.807, 2.05) is 9.80 Å². The second-order valence-electron chi connectivity index (χ2n) is 8.41. The van der Waals surface area contributed by atoms with Crippen molar-refractivity contribution in [3.05, 3.63) is 35.9 Å². The van der Waals surface area contributed by atoms with E-state index in [1.165, 1.54) is 5.56 Å². The third-order valence-electron chi connectivity index (χ3n) is 6.21. The van der Waals surface area contributed by atoms with Crippen molar-refractivity contribution < 1.29 is 9.59 Å². The largest absolute Gasteiger partial charge is 0.340 e. The SMILES string of the molecule is O=C(NC1CC1)N1CCCC(C(=O)N2CCN(CCc3ccccc3)CC2)C1. The molecule has 4 rings (SSSR count). The molecule has 2 heterocycles. The van der Waals surface area contributed by atoms with Gasteiger partial charge in [0.1, 0.15) is 0 Å². The van der Waals surface area contributed by atoms with Crippen molar-refractivity contribution in [2.45, 2.75) is 38.1 Å². The number of benzene rings is 1. The predicted molar refractivity (Wildman–Crippen MR) is 109 cm³/mol. The van der Waals surface area contributed by atoms with Crippen LogP contribution in [-0.4, -0.2) is 78.5 Å². The summed E-state index contributed by atoms with van der Waals surface area (Å²) >= 11 is 0. The number of urea groups is 1. The van der Waals surface area contributed by atoms with Crippen LogP contribution >= 0.6 is 0 Å². The van der Waals surface area contributed by atoms with E-state index in [1.54, 1.807) is 0 Å². The molecule has 1 aliphatic carbocycles. The van der Waals surface area contributed by atoms with E-state index in [0.717, 1.165) is 71.4 Å². The topological polar surface area (TPSA) is 55.9 Å². The van der Waals surface area contributed by atoms with E-state index in [2.05, 4.69) is 40.5 Å². The smallest absolute Gasteiger partial charge is 0.317 e. The summed E-state index contributed by atoms with van der Waals surface area (Å²) in [6, 6.07) is 11.0. The molecular formula is C22H32N4O2. The third kappa shape index (κ3) is 5.04. The minimum absolute atomic E-state index is 0.0192. The Hall–Kier alpha value is -2.08. The summed E-state index contributed by atoms with van der Waals surface area (Å²) in [4.78, 5) is 31.6. The van der Waals surface area contributed by atoms with Gasteiger partial charge in [0.15, 0.2) is 0 Å². The van der Waals surface area contributed by atoms with Crippen LogP contribution in [0, 0.1) is 5.92 Å². The number of nitrogens with zero attached hydrogens (tertiary/aromatic N) is 3. The lowest BCUT2D eigenvalue weighted by Gasteiger charge is -2.39. The first-order chi connectivity index (χ1) is 13.7. The number of amides is 3. The number of piperidine rings is 1. The first kappa shape index (κ1) is 19.2. The van der Waals surface area contributed by atoms with Crippen LogP contribution in [-0.2, 0) is 11.2 Å². The summed E-state index contributed by atoms with van der Waals surface area (Å²) in [6.07, 6.45) is 5.07. The third-order valence-corrected chi connectivity index (χ3v) is 6.21. The summed E-state index contributed by atoms with van der Waals surface area (Å²) in [5, 5.41) is 3.05. The van der Waals surface area contributed by atoms with Crippen molar-refractivity contribution in [3.8, 4) is 0 Å². The minimum atomic E-state index is -0.0328. The zero-order valence-corrected chi connectivity index (χ0v) is 16.7. The van der Waals surface area contributed by atoms with Gasteiger partial charge in [0.25, 0.3) is 0 Å². The molecule has 1 saturated carbocycles. The number of rotatable bonds is 5. The molecular weight excluding hydrogens is 352 g/mol. The molecule has 1 aromatic rings. The van der Waals surface area contributed by atoms with Crippen molar-refractivity contribution in [1.29, 1.82) is 0 Å². The van der Waals surface area contributed by atoms with Crippen LogP contribution in [0.2, 0.25) is 0 Å². The number of piperazine rings is 1. The Balaban J connectivity index is 1.21. The van der Waals surface area contributed by atoms with E-state index < -0.39 is 0 Å². The fraction of sp³-hybridized carbons (Fsp3) is 0.636. The molecule has 0 bridgehead atoms.